The minimum absolute atomic E-state index is 0.00290. The fraction of sp³-hybridized carbons (Fsp3) is 0.765. The van der Waals surface area contributed by atoms with Crippen molar-refractivity contribution in [2.45, 2.75) is 51.6 Å². The van der Waals surface area contributed by atoms with Crippen LogP contribution in [0.5, 0.6) is 0 Å². The first-order valence-corrected chi connectivity index (χ1v) is 8.03. The number of esters is 1. The molecule has 0 aromatic rings. The highest BCUT2D eigenvalue weighted by molar-refractivity contribution is 5.83. The van der Waals surface area contributed by atoms with E-state index in [4.69, 9.17) is 4.74 Å². The van der Waals surface area contributed by atoms with Crippen molar-refractivity contribution in [1.29, 1.82) is 0 Å². The predicted octanol–water partition coefficient (Wildman–Crippen LogP) is 3.02. The van der Waals surface area contributed by atoms with Crippen LogP contribution in [0.4, 0.5) is 0 Å². The summed E-state index contributed by atoms with van der Waals surface area (Å²) in [5, 5.41) is 9.43. The van der Waals surface area contributed by atoms with Gasteiger partial charge in [0.2, 0.25) is 0 Å². The second-order valence-corrected chi connectivity index (χ2v) is 7.41. The summed E-state index contributed by atoms with van der Waals surface area (Å²) in [4.78, 5) is 24.1. The second kappa shape index (κ2) is 5.15. The van der Waals surface area contributed by atoms with Crippen molar-refractivity contribution in [1.82, 2.24) is 0 Å². The molecule has 0 aromatic heterocycles. The number of ether oxygens (including phenoxy) is 1. The lowest BCUT2D eigenvalue weighted by molar-refractivity contribution is -0.173. The van der Waals surface area contributed by atoms with E-state index in [2.05, 4.69) is 6.92 Å². The highest BCUT2D eigenvalue weighted by Crippen LogP contribution is 2.49. The molecule has 4 nitrogen and oxygen atoms in total. The molecule has 0 spiro atoms. The molecule has 0 aliphatic heterocycles. The average molecular weight is 292 g/mol. The first-order chi connectivity index (χ1) is 9.89. The number of hydrogen-bond acceptors (Lipinski definition) is 3. The van der Waals surface area contributed by atoms with E-state index in [0.29, 0.717) is 5.92 Å². The predicted molar refractivity (Wildman–Crippen MR) is 77.5 cm³/mol. The molecule has 2 fully saturated rings. The molecule has 3 aliphatic carbocycles. The summed E-state index contributed by atoms with van der Waals surface area (Å²) in [5.74, 6) is -1.64. The molecule has 0 aromatic carbocycles. The highest BCUT2D eigenvalue weighted by atomic mass is 16.6. The van der Waals surface area contributed by atoms with E-state index in [0.717, 1.165) is 25.7 Å². The van der Waals surface area contributed by atoms with Crippen molar-refractivity contribution >= 4 is 11.9 Å². The van der Waals surface area contributed by atoms with E-state index in [-0.39, 0.29) is 17.8 Å². The van der Waals surface area contributed by atoms with Crippen LogP contribution in [0.2, 0.25) is 0 Å². The largest absolute Gasteiger partial charge is 0.481 e. The quantitative estimate of drug-likeness (QED) is 0.641. The van der Waals surface area contributed by atoms with Crippen LogP contribution in [-0.2, 0) is 14.3 Å². The Labute approximate surface area is 125 Å². The monoisotopic (exact) mass is 292 g/mol. The Balaban J connectivity index is 1.73. The van der Waals surface area contributed by atoms with Crippen molar-refractivity contribution < 1.29 is 19.4 Å². The van der Waals surface area contributed by atoms with Crippen LogP contribution in [0.15, 0.2) is 12.2 Å². The standard InChI is InChI=1S/C17H24O4/c1-10-4-3-7-17(2,9-10)21-16(20)14-12-6-5-11(8-12)13(14)15(18)19/h5-6,10-14H,3-4,7-9H2,1-2H3,(H,18,19). The van der Waals surface area contributed by atoms with Crippen LogP contribution >= 0.6 is 0 Å². The van der Waals surface area contributed by atoms with Crippen molar-refractivity contribution in [3.05, 3.63) is 12.2 Å². The molecule has 6 atom stereocenters. The fourth-order valence-electron chi connectivity index (χ4n) is 4.65. The normalized spacial score (nSPS) is 44.8. The van der Waals surface area contributed by atoms with Gasteiger partial charge in [-0.15, -0.1) is 0 Å². The van der Waals surface area contributed by atoms with E-state index in [9.17, 15) is 14.7 Å². The number of allylic oxidation sites excluding steroid dienone is 2. The van der Waals surface area contributed by atoms with E-state index in [1.807, 2.05) is 19.1 Å². The lowest BCUT2D eigenvalue weighted by Gasteiger charge is -2.38. The van der Waals surface area contributed by atoms with Crippen LogP contribution in [0.3, 0.4) is 0 Å². The molecule has 2 saturated carbocycles. The number of rotatable bonds is 3. The lowest BCUT2D eigenvalue weighted by Crippen LogP contribution is -2.42. The molecule has 0 saturated heterocycles. The topological polar surface area (TPSA) is 63.6 Å². The van der Waals surface area contributed by atoms with E-state index >= 15 is 0 Å². The molecule has 3 aliphatic rings. The first-order valence-electron chi connectivity index (χ1n) is 8.03. The van der Waals surface area contributed by atoms with Crippen molar-refractivity contribution in [2.75, 3.05) is 0 Å². The zero-order valence-corrected chi connectivity index (χ0v) is 12.7. The third-order valence-corrected chi connectivity index (χ3v) is 5.55. The second-order valence-electron chi connectivity index (χ2n) is 7.41. The summed E-state index contributed by atoms with van der Waals surface area (Å²) >= 11 is 0. The van der Waals surface area contributed by atoms with Crippen molar-refractivity contribution in [3.8, 4) is 0 Å². The number of carboxylic acids is 1. The third kappa shape index (κ3) is 2.60. The fourth-order valence-corrected chi connectivity index (χ4v) is 4.65. The smallest absolute Gasteiger partial charge is 0.310 e. The highest BCUT2D eigenvalue weighted by Gasteiger charge is 2.53. The van der Waals surface area contributed by atoms with Gasteiger partial charge in [-0.1, -0.05) is 25.5 Å². The van der Waals surface area contributed by atoms with E-state index < -0.39 is 23.4 Å². The maximum Gasteiger partial charge on any atom is 0.310 e. The Kier molecular flexibility index (Phi) is 3.58. The Hall–Kier alpha value is -1.32. The van der Waals surface area contributed by atoms with Crippen LogP contribution in [-0.4, -0.2) is 22.6 Å². The summed E-state index contributed by atoms with van der Waals surface area (Å²) in [6.45, 7) is 4.19. The van der Waals surface area contributed by atoms with Gasteiger partial charge in [0.25, 0.3) is 0 Å². The minimum Gasteiger partial charge on any atom is -0.481 e. The summed E-state index contributed by atoms with van der Waals surface area (Å²) in [6, 6.07) is 0. The van der Waals surface area contributed by atoms with Gasteiger partial charge in [0.15, 0.2) is 0 Å². The van der Waals surface area contributed by atoms with E-state index in [1.165, 1.54) is 6.42 Å². The molecule has 0 radical (unpaired) electrons. The zero-order chi connectivity index (χ0) is 15.2. The van der Waals surface area contributed by atoms with Gasteiger partial charge in [0.05, 0.1) is 11.8 Å². The lowest BCUT2D eigenvalue weighted by atomic mass is 9.79. The van der Waals surface area contributed by atoms with Gasteiger partial charge >= 0.3 is 11.9 Å². The van der Waals surface area contributed by atoms with Gasteiger partial charge in [-0.3, -0.25) is 9.59 Å². The molecule has 21 heavy (non-hydrogen) atoms. The van der Waals surface area contributed by atoms with Gasteiger partial charge in [0.1, 0.15) is 5.60 Å². The van der Waals surface area contributed by atoms with Crippen molar-refractivity contribution in [2.24, 2.45) is 29.6 Å². The summed E-state index contributed by atoms with van der Waals surface area (Å²) in [6.07, 6.45) is 8.76. The average Bonchev–Trinajstić information content (AvgIpc) is 2.97. The maximum atomic E-state index is 12.6. The number of carbonyl (C=O) groups is 2. The van der Waals surface area contributed by atoms with Gasteiger partial charge < -0.3 is 9.84 Å². The summed E-state index contributed by atoms with van der Waals surface area (Å²) in [7, 11) is 0. The number of fused-ring (bicyclic) bond motifs is 2. The SMILES string of the molecule is CC1CCCC(C)(OC(=O)C2C3C=CC(C3)C2C(=O)O)C1. The minimum atomic E-state index is -0.865. The molecule has 1 N–H and O–H groups in total. The summed E-state index contributed by atoms with van der Waals surface area (Å²) < 4.78 is 5.83. The first kappa shape index (κ1) is 14.6. The van der Waals surface area contributed by atoms with Gasteiger partial charge in [-0.05, 0) is 50.4 Å². The van der Waals surface area contributed by atoms with Gasteiger partial charge in [-0.2, -0.15) is 0 Å². The number of hydrogen-bond donors (Lipinski definition) is 1. The maximum absolute atomic E-state index is 12.6. The number of aliphatic carboxylic acids is 1. The molecule has 3 rings (SSSR count). The van der Waals surface area contributed by atoms with Crippen LogP contribution < -0.4 is 0 Å². The Morgan fingerprint density at radius 1 is 1.24 bits per heavy atom. The number of carbonyl (C=O) groups excluding carboxylic acids is 1. The van der Waals surface area contributed by atoms with E-state index in [1.54, 1.807) is 0 Å². The number of carboxylic acid groups (broad SMARTS) is 1. The Bertz CT molecular complexity index is 483. The Morgan fingerprint density at radius 2 is 1.90 bits per heavy atom. The van der Waals surface area contributed by atoms with Gasteiger partial charge in [0, 0.05) is 0 Å². The molecule has 0 amide bonds. The Morgan fingerprint density at radius 3 is 2.52 bits per heavy atom. The molecule has 2 bridgehead atoms. The molecular formula is C17H24O4. The molecule has 0 heterocycles. The summed E-state index contributed by atoms with van der Waals surface area (Å²) in [5.41, 5.74) is -0.413. The third-order valence-electron chi connectivity index (χ3n) is 5.55. The molecule has 4 heteroatoms. The molecule has 6 unspecified atom stereocenters. The van der Waals surface area contributed by atoms with Crippen LogP contribution in [0.1, 0.15) is 46.0 Å². The molecule has 116 valence electrons. The zero-order valence-electron chi connectivity index (χ0n) is 12.7. The van der Waals surface area contributed by atoms with Crippen LogP contribution in [0.25, 0.3) is 0 Å². The van der Waals surface area contributed by atoms with Crippen LogP contribution in [0, 0.1) is 29.6 Å². The molecular weight excluding hydrogens is 268 g/mol. The van der Waals surface area contributed by atoms with Crippen molar-refractivity contribution in [3.63, 3.8) is 0 Å². The van der Waals surface area contributed by atoms with Gasteiger partial charge in [-0.25, -0.2) is 0 Å².